The van der Waals surface area contributed by atoms with E-state index in [1.807, 2.05) is 30.3 Å². The standard InChI is InChI=1S/C16H19FN2/c1-2-8-18-12-14-7-6-13(11-16(14)17)10-15-5-3-4-9-19-15/h3-7,9,11,18H,2,8,10,12H2,1H3. The van der Waals surface area contributed by atoms with Crippen LogP contribution in [0.3, 0.4) is 0 Å². The van der Waals surface area contributed by atoms with Gasteiger partial charge in [-0.05, 0) is 36.7 Å². The van der Waals surface area contributed by atoms with E-state index in [-0.39, 0.29) is 5.82 Å². The number of benzene rings is 1. The second kappa shape index (κ2) is 7.00. The van der Waals surface area contributed by atoms with E-state index < -0.39 is 0 Å². The van der Waals surface area contributed by atoms with Crippen LogP contribution < -0.4 is 5.32 Å². The fourth-order valence-electron chi connectivity index (χ4n) is 1.96. The minimum Gasteiger partial charge on any atom is -0.313 e. The summed E-state index contributed by atoms with van der Waals surface area (Å²) in [6.07, 6.45) is 3.48. The molecule has 0 atom stereocenters. The molecule has 0 bridgehead atoms. The molecule has 1 aromatic heterocycles. The third-order valence-corrected chi connectivity index (χ3v) is 2.97. The third-order valence-electron chi connectivity index (χ3n) is 2.97. The van der Waals surface area contributed by atoms with Crippen molar-refractivity contribution in [3.63, 3.8) is 0 Å². The molecule has 0 spiro atoms. The van der Waals surface area contributed by atoms with Crippen LogP contribution in [0.5, 0.6) is 0 Å². The van der Waals surface area contributed by atoms with Gasteiger partial charge in [-0.25, -0.2) is 4.39 Å². The number of halogens is 1. The number of hydrogen-bond acceptors (Lipinski definition) is 2. The summed E-state index contributed by atoms with van der Waals surface area (Å²) in [6, 6.07) is 11.2. The highest BCUT2D eigenvalue weighted by Crippen LogP contribution is 2.13. The quantitative estimate of drug-likeness (QED) is 0.804. The Morgan fingerprint density at radius 2 is 2.11 bits per heavy atom. The molecule has 2 nitrogen and oxygen atoms in total. The number of rotatable bonds is 6. The van der Waals surface area contributed by atoms with Gasteiger partial charge in [0.25, 0.3) is 0 Å². The Labute approximate surface area is 113 Å². The van der Waals surface area contributed by atoms with E-state index in [4.69, 9.17) is 0 Å². The van der Waals surface area contributed by atoms with Crippen LogP contribution in [-0.2, 0) is 13.0 Å². The lowest BCUT2D eigenvalue weighted by atomic mass is 10.1. The van der Waals surface area contributed by atoms with Gasteiger partial charge in [0.05, 0.1) is 0 Å². The van der Waals surface area contributed by atoms with Crippen molar-refractivity contribution < 1.29 is 4.39 Å². The second-order valence-electron chi connectivity index (χ2n) is 4.60. The largest absolute Gasteiger partial charge is 0.313 e. The summed E-state index contributed by atoms with van der Waals surface area (Å²) in [5, 5.41) is 3.21. The van der Waals surface area contributed by atoms with Gasteiger partial charge in [0, 0.05) is 30.4 Å². The number of hydrogen-bond donors (Lipinski definition) is 1. The van der Waals surface area contributed by atoms with Crippen molar-refractivity contribution in [2.24, 2.45) is 0 Å². The summed E-state index contributed by atoms with van der Waals surface area (Å²) in [5.41, 5.74) is 2.63. The summed E-state index contributed by atoms with van der Waals surface area (Å²) in [5.74, 6) is -0.142. The first kappa shape index (κ1) is 13.7. The van der Waals surface area contributed by atoms with Crippen molar-refractivity contribution in [1.82, 2.24) is 10.3 Å². The van der Waals surface area contributed by atoms with Crippen molar-refractivity contribution in [2.75, 3.05) is 6.54 Å². The van der Waals surface area contributed by atoms with Crippen LogP contribution in [0.4, 0.5) is 4.39 Å². The monoisotopic (exact) mass is 258 g/mol. The van der Waals surface area contributed by atoms with Gasteiger partial charge in [-0.1, -0.05) is 25.1 Å². The second-order valence-corrected chi connectivity index (χ2v) is 4.60. The zero-order valence-corrected chi connectivity index (χ0v) is 11.2. The van der Waals surface area contributed by atoms with Gasteiger partial charge >= 0.3 is 0 Å². The maximum absolute atomic E-state index is 13.9. The first-order valence-corrected chi connectivity index (χ1v) is 6.67. The molecule has 0 aliphatic heterocycles. The van der Waals surface area contributed by atoms with Crippen LogP contribution >= 0.6 is 0 Å². The van der Waals surface area contributed by atoms with E-state index in [9.17, 15) is 4.39 Å². The highest BCUT2D eigenvalue weighted by atomic mass is 19.1. The van der Waals surface area contributed by atoms with Crippen molar-refractivity contribution in [3.05, 3.63) is 65.2 Å². The smallest absolute Gasteiger partial charge is 0.127 e. The molecule has 0 amide bonds. The Kier molecular flexibility index (Phi) is 5.04. The van der Waals surface area contributed by atoms with Crippen LogP contribution in [0.15, 0.2) is 42.6 Å². The molecular weight excluding hydrogens is 239 g/mol. The summed E-state index contributed by atoms with van der Waals surface area (Å²) in [4.78, 5) is 4.25. The highest BCUT2D eigenvalue weighted by Gasteiger charge is 2.04. The van der Waals surface area contributed by atoms with Crippen molar-refractivity contribution in [3.8, 4) is 0 Å². The van der Waals surface area contributed by atoms with Crippen molar-refractivity contribution >= 4 is 0 Å². The molecule has 0 fully saturated rings. The van der Waals surface area contributed by atoms with E-state index in [0.717, 1.165) is 29.8 Å². The molecule has 0 radical (unpaired) electrons. The predicted octanol–water partition coefficient (Wildman–Crippen LogP) is 3.31. The minimum absolute atomic E-state index is 0.142. The Morgan fingerprint density at radius 1 is 1.21 bits per heavy atom. The topological polar surface area (TPSA) is 24.9 Å². The van der Waals surface area contributed by atoms with E-state index in [0.29, 0.717) is 13.0 Å². The van der Waals surface area contributed by atoms with Crippen LogP contribution in [0.1, 0.15) is 30.2 Å². The molecule has 0 saturated heterocycles. The molecule has 2 aromatic rings. The number of nitrogens with zero attached hydrogens (tertiary/aromatic N) is 1. The van der Waals surface area contributed by atoms with Gasteiger partial charge in [-0.2, -0.15) is 0 Å². The molecule has 1 N–H and O–H groups in total. The normalized spacial score (nSPS) is 10.6. The zero-order valence-electron chi connectivity index (χ0n) is 11.2. The molecule has 2 rings (SSSR count). The van der Waals surface area contributed by atoms with Gasteiger partial charge in [-0.3, -0.25) is 4.98 Å². The van der Waals surface area contributed by atoms with E-state index >= 15 is 0 Å². The lowest BCUT2D eigenvalue weighted by molar-refractivity contribution is 0.585. The molecular formula is C16H19FN2. The molecule has 19 heavy (non-hydrogen) atoms. The summed E-state index contributed by atoms with van der Waals surface area (Å²) in [7, 11) is 0. The molecule has 1 heterocycles. The van der Waals surface area contributed by atoms with Crippen LogP contribution in [0.25, 0.3) is 0 Å². The van der Waals surface area contributed by atoms with Gasteiger partial charge in [0.2, 0.25) is 0 Å². The van der Waals surface area contributed by atoms with E-state index in [1.165, 1.54) is 0 Å². The zero-order chi connectivity index (χ0) is 13.5. The summed E-state index contributed by atoms with van der Waals surface area (Å²) >= 11 is 0. The molecule has 100 valence electrons. The highest BCUT2D eigenvalue weighted by molar-refractivity contribution is 5.27. The minimum atomic E-state index is -0.142. The number of pyridine rings is 1. The van der Waals surface area contributed by atoms with Crippen LogP contribution in [0, 0.1) is 5.82 Å². The first-order valence-electron chi connectivity index (χ1n) is 6.67. The predicted molar refractivity (Wildman–Crippen MR) is 75.4 cm³/mol. The van der Waals surface area contributed by atoms with Crippen LogP contribution in [-0.4, -0.2) is 11.5 Å². The van der Waals surface area contributed by atoms with Crippen molar-refractivity contribution in [1.29, 1.82) is 0 Å². The van der Waals surface area contributed by atoms with E-state index in [1.54, 1.807) is 12.3 Å². The van der Waals surface area contributed by atoms with Crippen LogP contribution in [0.2, 0.25) is 0 Å². The van der Waals surface area contributed by atoms with Gasteiger partial charge < -0.3 is 5.32 Å². The average molecular weight is 258 g/mol. The fraction of sp³-hybridized carbons (Fsp3) is 0.312. The lowest BCUT2D eigenvalue weighted by Gasteiger charge is -2.07. The molecule has 3 heteroatoms. The van der Waals surface area contributed by atoms with Gasteiger partial charge in [0.15, 0.2) is 0 Å². The SMILES string of the molecule is CCCNCc1ccc(Cc2ccccn2)cc1F. The number of nitrogens with one attached hydrogen (secondary N) is 1. The summed E-state index contributed by atoms with van der Waals surface area (Å²) < 4.78 is 13.9. The first-order chi connectivity index (χ1) is 9.29. The fourth-order valence-corrected chi connectivity index (χ4v) is 1.96. The Morgan fingerprint density at radius 3 is 2.79 bits per heavy atom. The van der Waals surface area contributed by atoms with Gasteiger partial charge in [0.1, 0.15) is 5.82 Å². The lowest BCUT2D eigenvalue weighted by Crippen LogP contribution is -2.14. The third kappa shape index (κ3) is 4.14. The molecule has 0 aliphatic rings. The van der Waals surface area contributed by atoms with E-state index in [2.05, 4.69) is 17.2 Å². The molecule has 0 saturated carbocycles. The molecule has 1 aromatic carbocycles. The molecule has 0 aliphatic carbocycles. The Hall–Kier alpha value is -1.74. The van der Waals surface area contributed by atoms with Crippen molar-refractivity contribution in [2.45, 2.75) is 26.3 Å². The van der Waals surface area contributed by atoms with Gasteiger partial charge in [-0.15, -0.1) is 0 Å². The molecule has 0 unspecified atom stereocenters. The maximum Gasteiger partial charge on any atom is 0.127 e. The average Bonchev–Trinajstić information content (AvgIpc) is 2.43. The maximum atomic E-state index is 13.9. The Bertz CT molecular complexity index is 511. The summed E-state index contributed by atoms with van der Waals surface area (Å²) in [6.45, 7) is 3.60. The number of aromatic nitrogens is 1. The Balaban J connectivity index is 2.02.